The lowest BCUT2D eigenvalue weighted by Gasteiger charge is -2.29. The van der Waals surface area contributed by atoms with Crippen LogP contribution in [0.1, 0.15) is 24.5 Å². The molecule has 0 aliphatic carbocycles. The van der Waals surface area contributed by atoms with Crippen LogP contribution >= 0.6 is 11.8 Å². The Hall–Kier alpha value is -0.480. The summed E-state index contributed by atoms with van der Waals surface area (Å²) in [6.45, 7) is 3.45. The first-order valence-electron chi connectivity index (χ1n) is 6.22. The van der Waals surface area contributed by atoms with Crippen LogP contribution in [0.25, 0.3) is 0 Å². The Morgan fingerprint density at radius 2 is 2.19 bits per heavy atom. The lowest BCUT2D eigenvalue weighted by atomic mass is 9.98. The van der Waals surface area contributed by atoms with Crippen LogP contribution in [0.2, 0.25) is 0 Å². The van der Waals surface area contributed by atoms with E-state index in [1.54, 1.807) is 0 Å². The number of aromatic nitrogens is 2. The molecule has 2 fully saturated rings. The normalized spacial score (nSPS) is 23.2. The predicted octanol–water partition coefficient (Wildman–Crippen LogP) is 1.71. The van der Waals surface area contributed by atoms with Crippen molar-refractivity contribution < 1.29 is 0 Å². The number of nitrogens with zero attached hydrogens (tertiary/aromatic N) is 2. The van der Waals surface area contributed by atoms with Gasteiger partial charge in [-0.05, 0) is 30.3 Å². The molecule has 0 bridgehead atoms. The van der Waals surface area contributed by atoms with Crippen LogP contribution < -0.4 is 5.32 Å². The van der Waals surface area contributed by atoms with Crippen LogP contribution in [0, 0.1) is 5.92 Å². The van der Waals surface area contributed by atoms with Crippen molar-refractivity contribution in [1.29, 1.82) is 0 Å². The van der Waals surface area contributed by atoms with E-state index in [1.165, 1.54) is 36.6 Å². The van der Waals surface area contributed by atoms with E-state index in [1.807, 2.05) is 6.33 Å². The summed E-state index contributed by atoms with van der Waals surface area (Å²) in [6.07, 6.45) is 6.84. The van der Waals surface area contributed by atoms with Gasteiger partial charge in [-0.1, -0.05) is 0 Å². The molecular weight excluding hydrogens is 218 g/mol. The molecule has 3 heterocycles. The quantitative estimate of drug-likeness (QED) is 0.868. The van der Waals surface area contributed by atoms with Crippen molar-refractivity contribution in [3.05, 3.63) is 18.2 Å². The van der Waals surface area contributed by atoms with Gasteiger partial charge in [0, 0.05) is 37.4 Å². The summed E-state index contributed by atoms with van der Waals surface area (Å²) in [7, 11) is 0. The molecule has 0 radical (unpaired) electrons. The molecule has 4 heteroatoms. The highest BCUT2D eigenvalue weighted by molar-refractivity contribution is 7.99. The highest BCUT2D eigenvalue weighted by atomic mass is 32.2. The van der Waals surface area contributed by atoms with Gasteiger partial charge in [0.25, 0.3) is 0 Å². The van der Waals surface area contributed by atoms with Gasteiger partial charge in [-0.2, -0.15) is 11.8 Å². The molecule has 0 atom stereocenters. The number of nitrogens with one attached hydrogen (secondary N) is 1. The van der Waals surface area contributed by atoms with Crippen molar-refractivity contribution in [2.24, 2.45) is 5.92 Å². The average Bonchev–Trinajstić information content (AvgIpc) is 2.66. The summed E-state index contributed by atoms with van der Waals surface area (Å²) in [4.78, 5) is 4.32. The maximum absolute atomic E-state index is 4.32. The first-order chi connectivity index (χ1) is 7.93. The summed E-state index contributed by atoms with van der Waals surface area (Å²) >= 11 is 2.10. The molecule has 3 rings (SSSR count). The van der Waals surface area contributed by atoms with Gasteiger partial charge in [-0.25, -0.2) is 4.98 Å². The third-order valence-corrected chi connectivity index (χ3v) is 4.79. The lowest BCUT2D eigenvalue weighted by molar-refractivity contribution is 0.378. The monoisotopic (exact) mass is 237 g/mol. The van der Waals surface area contributed by atoms with Crippen LogP contribution in [-0.4, -0.2) is 34.1 Å². The van der Waals surface area contributed by atoms with E-state index < -0.39 is 0 Å². The van der Waals surface area contributed by atoms with Crippen LogP contribution in [0.15, 0.2) is 12.5 Å². The van der Waals surface area contributed by atoms with Crippen LogP contribution in [0.4, 0.5) is 0 Å². The topological polar surface area (TPSA) is 29.9 Å². The molecule has 3 nitrogen and oxygen atoms in total. The summed E-state index contributed by atoms with van der Waals surface area (Å²) in [6, 6.07) is 0. The minimum absolute atomic E-state index is 0.709. The summed E-state index contributed by atoms with van der Waals surface area (Å²) in [5, 5.41) is 3.34. The van der Waals surface area contributed by atoms with E-state index in [0.717, 1.165) is 19.0 Å². The molecule has 0 amide bonds. The Labute approximate surface area is 101 Å². The molecule has 1 N–H and O–H groups in total. The zero-order chi connectivity index (χ0) is 10.8. The van der Waals surface area contributed by atoms with Gasteiger partial charge in [0.2, 0.25) is 0 Å². The molecule has 0 aromatic carbocycles. The number of hydrogen-bond donors (Lipinski definition) is 1. The predicted molar refractivity (Wildman–Crippen MR) is 67.9 cm³/mol. The lowest BCUT2D eigenvalue weighted by Crippen LogP contribution is -2.41. The second-order valence-electron chi connectivity index (χ2n) is 4.88. The molecule has 0 spiro atoms. The van der Waals surface area contributed by atoms with Gasteiger partial charge in [0.1, 0.15) is 0 Å². The van der Waals surface area contributed by atoms with Crippen molar-refractivity contribution in [2.75, 3.05) is 24.6 Å². The van der Waals surface area contributed by atoms with Crippen molar-refractivity contribution in [3.63, 3.8) is 0 Å². The van der Waals surface area contributed by atoms with E-state index in [-0.39, 0.29) is 0 Å². The van der Waals surface area contributed by atoms with Crippen molar-refractivity contribution in [1.82, 2.24) is 14.9 Å². The van der Waals surface area contributed by atoms with Gasteiger partial charge in [-0.3, -0.25) is 0 Å². The highest BCUT2D eigenvalue weighted by Crippen LogP contribution is 2.26. The van der Waals surface area contributed by atoms with Crippen LogP contribution in [0.5, 0.6) is 0 Å². The molecule has 2 saturated heterocycles. The van der Waals surface area contributed by atoms with E-state index in [9.17, 15) is 0 Å². The third-order valence-electron chi connectivity index (χ3n) is 3.74. The Bertz CT molecular complexity index is 340. The highest BCUT2D eigenvalue weighted by Gasteiger charge is 2.23. The number of hydrogen-bond acceptors (Lipinski definition) is 3. The van der Waals surface area contributed by atoms with E-state index >= 15 is 0 Å². The van der Waals surface area contributed by atoms with Gasteiger partial charge in [0.05, 0.1) is 6.33 Å². The van der Waals surface area contributed by atoms with Crippen molar-refractivity contribution in [2.45, 2.75) is 25.3 Å². The Morgan fingerprint density at radius 1 is 1.38 bits per heavy atom. The van der Waals surface area contributed by atoms with E-state index in [4.69, 9.17) is 0 Å². The molecule has 1 aromatic rings. The second kappa shape index (κ2) is 4.80. The van der Waals surface area contributed by atoms with Gasteiger partial charge in [0.15, 0.2) is 0 Å². The molecular formula is C12H19N3S. The number of imidazole rings is 1. The zero-order valence-electron chi connectivity index (χ0n) is 9.56. The first-order valence-corrected chi connectivity index (χ1v) is 7.37. The number of rotatable bonds is 3. The van der Waals surface area contributed by atoms with E-state index in [0.29, 0.717) is 5.92 Å². The summed E-state index contributed by atoms with van der Waals surface area (Å²) in [5.74, 6) is 4.28. The fourth-order valence-corrected chi connectivity index (χ4v) is 3.73. The molecule has 0 unspecified atom stereocenters. The molecule has 2 aliphatic rings. The van der Waals surface area contributed by atoms with Crippen molar-refractivity contribution >= 4 is 11.8 Å². The second-order valence-corrected chi connectivity index (χ2v) is 6.11. The molecule has 88 valence electrons. The maximum atomic E-state index is 4.32. The average molecular weight is 237 g/mol. The molecule has 2 aliphatic heterocycles. The minimum atomic E-state index is 0.709. The summed E-state index contributed by atoms with van der Waals surface area (Å²) in [5.41, 5.74) is 1.44. The Balaban J connectivity index is 1.66. The molecule has 1 aromatic heterocycles. The van der Waals surface area contributed by atoms with Gasteiger partial charge >= 0.3 is 0 Å². The van der Waals surface area contributed by atoms with Crippen LogP contribution in [-0.2, 0) is 6.54 Å². The van der Waals surface area contributed by atoms with Crippen LogP contribution in [0.3, 0.4) is 0 Å². The third kappa shape index (κ3) is 2.13. The fraction of sp³-hybridized carbons (Fsp3) is 0.750. The first kappa shape index (κ1) is 10.7. The Kier molecular flexibility index (Phi) is 3.20. The standard InChI is InChI=1S/C12H19N3S/c1-3-16-4-2-10(1)8-15-9-14-7-12(15)11-5-13-6-11/h7,9-11,13H,1-6,8H2. The Morgan fingerprint density at radius 3 is 2.88 bits per heavy atom. The number of thioether (sulfide) groups is 1. The SMILES string of the molecule is c1ncn(CC2CCSCC2)c1C1CNC1. The fourth-order valence-electron chi connectivity index (χ4n) is 2.53. The van der Waals surface area contributed by atoms with Gasteiger partial charge in [-0.15, -0.1) is 0 Å². The largest absolute Gasteiger partial charge is 0.334 e. The van der Waals surface area contributed by atoms with E-state index in [2.05, 4.69) is 32.8 Å². The van der Waals surface area contributed by atoms with Gasteiger partial charge < -0.3 is 9.88 Å². The maximum Gasteiger partial charge on any atom is 0.0948 e. The zero-order valence-corrected chi connectivity index (χ0v) is 10.4. The molecule has 16 heavy (non-hydrogen) atoms. The molecule has 0 saturated carbocycles. The smallest absolute Gasteiger partial charge is 0.0948 e. The summed E-state index contributed by atoms with van der Waals surface area (Å²) < 4.78 is 2.40. The minimum Gasteiger partial charge on any atom is -0.334 e. The van der Waals surface area contributed by atoms with Crippen molar-refractivity contribution in [3.8, 4) is 0 Å².